The number of epoxide rings is 1. The molecule has 0 bridgehead atoms. The van der Waals surface area contributed by atoms with Crippen LogP contribution in [0.2, 0.25) is 0 Å². The first-order valence-corrected chi connectivity index (χ1v) is 10.6. The fourth-order valence-corrected chi connectivity index (χ4v) is 8.22. The predicted molar refractivity (Wildman–Crippen MR) is 96.2 cm³/mol. The topological polar surface area (TPSA) is 128 Å². The zero-order chi connectivity index (χ0) is 21.3. The quantitative estimate of drug-likeness (QED) is 0.382. The molecule has 5 aliphatic rings. The lowest BCUT2D eigenvalue weighted by atomic mass is 9.41. The van der Waals surface area contributed by atoms with E-state index in [1.54, 1.807) is 13.8 Å². The van der Waals surface area contributed by atoms with Gasteiger partial charge in [-0.1, -0.05) is 13.8 Å². The highest BCUT2D eigenvalue weighted by molar-refractivity contribution is 5.90. The molecule has 5 rings (SSSR count). The SMILES string of the molecule is C[C@]12CCC(=O)C3O[C@@]31CC[C@H]1[C@@H]3CC[C@](O)(C(=O)CO)[C@@]3(C)CC(O)(O)[C@@]12F. The monoisotopic (exact) mass is 412 g/mol. The summed E-state index contributed by atoms with van der Waals surface area (Å²) in [4.78, 5) is 24.6. The Kier molecular flexibility index (Phi) is 3.64. The van der Waals surface area contributed by atoms with Crippen molar-refractivity contribution in [2.45, 2.75) is 87.6 Å². The lowest BCUT2D eigenvalue weighted by Crippen LogP contribution is -2.78. The van der Waals surface area contributed by atoms with Gasteiger partial charge in [-0.2, -0.15) is 0 Å². The Morgan fingerprint density at radius 1 is 1.14 bits per heavy atom. The van der Waals surface area contributed by atoms with E-state index in [1.165, 1.54) is 0 Å². The summed E-state index contributed by atoms with van der Waals surface area (Å²) in [6, 6.07) is 0. The lowest BCUT2D eigenvalue weighted by Gasteiger charge is -2.66. The lowest BCUT2D eigenvalue weighted by molar-refractivity contribution is -0.368. The number of ketones is 2. The van der Waals surface area contributed by atoms with Gasteiger partial charge in [-0.25, -0.2) is 4.39 Å². The summed E-state index contributed by atoms with van der Waals surface area (Å²) in [6.07, 6.45) is 0.217. The van der Waals surface area contributed by atoms with Crippen molar-refractivity contribution >= 4 is 11.6 Å². The van der Waals surface area contributed by atoms with Gasteiger partial charge in [0.25, 0.3) is 0 Å². The molecule has 0 amide bonds. The number of aliphatic hydroxyl groups is 4. The van der Waals surface area contributed by atoms with E-state index in [4.69, 9.17) is 4.74 Å². The number of carbonyl (C=O) groups excluding carboxylic acids is 2. The molecule has 0 aromatic carbocycles. The molecular weight excluding hydrogens is 383 g/mol. The molecule has 1 heterocycles. The number of ether oxygens (including phenoxy) is 1. The van der Waals surface area contributed by atoms with Crippen LogP contribution < -0.4 is 0 Å². The maximum atomic E-state index is 17.2. The van der Waals surface area contributed by atoms with Crippen LogP contribution in [-0.4, -0.2) is 67.4 Å². The van der Waals surface area contributed by atoms with E-state index in [-0.39, 0.29) is 31.5 Å². The minimum Gasteiger partial charge on any atom is -0.388 e. The van der Waals surface area contributed by atoms with Crippen LogP contribution in [0.1, 0.15) is 58.8 Å². The highest BCUT2D eigenvalue weighted by atomic mass is 19.1. The van der Waals surface area contributed by atoms with E-state index < -0.39 is 70.2 Å². The number of rotatable bonds is 2. The fourth-order valence-electron chi connectivity index (χ4n) is 8.22. The fraction of sp³-hybridized carbons (Fsp3) is 0.905. The molecule has 8 heteroatoms. The van der Waals surface area contributed by atoms with Crippen LogP contribution in [0.3, 0.4) is 0 Å². The van der Waals surface area contributed by atoms with Crippen LogP contribution in [0.4, 0.5) is 4.39 Å². The predicted octanol–water partition coefficient (Wildman–Crippen LogP) is 0.405. The third-order valence-electron chi connectivity index (χ3n) is 9.80. The van der Waals surface area contributed by atoms with Gasteiger partial charge in [0.1, 0.15) is 23.9 Å². The first-order valence-electron chi connectivity index (χ1n) is 10.6. The van der Waals surface area contributed by atoms with Gasteiger partial charge in [0.2, 0.25) is 0 Å². The number of Topliss-reactive ketones (excluding diaryl/α,β-unsaturated/α-hetero) is 2. The Bertz CT molecular complexity index is 815. The van der Waals surface area contributed by atoms with Crippen molar-refractivity contribution < 1.29 is 39.1 Å². The molecule has 8 atom stereocenters. The van der Waals surface area contributed by atoms with Crippen LogP contribution >= 0.6 is 0 Å². The summed E-state index contributed by atoms with van der Waals surface area (Å²) >= 11 is 0. The summed E-state index contributed by atoms with van der Waals surface area (Å²) in [5.41, 5.74) is -7.90. The Hall–Kier alpha value is -0.930. The average Bonchev–Trinajstić information content (AvgIpc) is 3.34. The summed E-state index contributed by atoms with van der Waals surface area (Å²) in [5.74, 6) is -4.89. The average molecular weight is 412 g/mol. The summed E-state index contributed by atoms with van der Waals surface area (Å²) in [7, 11) is 0. The minimum atomic E-state index is -2.81. The third-order valence-corrected chi connectivity index (χ3v) is 9.80. The number of halogens is 1. The molecule has 1 saturated heterocycles. The highest BCUT2D eigenvalue weighted by Crippen LogP contribution is 2.77. The van der Waals surface area contributed by atoms with Gasteiger partial charge in [0.05, 0.1) is 0 Å². The second-order valence-corrected chi connectivity index (χ2v) is 10.5. The Balaban J connectivity index is 1.63. The molecule has 1 aliphatic heterocycles. The Labute approximate surface area is 168 Å². The van der Waals surface area contributed by atoms with Crippen molar-refractivity contribution in [3.63, 3.8) is 0 Å². The number of aliphatic hydroxyl groups excluding tert-OH is 1. The van der Waals surface area contributed by atoms with E-state index >= 15 is 4.39 Å². The summed E-state index contributed by atoms with van der Waals surface area (Å²) < 4.78 is 22.9. The smallest absolute Gasteiger partial charge is 0.199 e. The van der Waals surface area contributed by atoms with E-state index in [0.29, 0.717) is 12.8 Å². The molecule has 4 saturated carbocycles. The van der Waals surface area contributed by atoms with Gasteiger partial charge in [-0.3, -0.25) is 9.59 Å². The van der Waals surface area contributed by atoms with Crippen molar-refractivity contribution in [2.75, 3.05) is 6.61 Å². The zero-order valence-corrected chi connectivity index (χ0v) is 16.8. The van der Waals surface area contributed by atoms with E-state index in [2.05, 4.69) is 0 Å². The number of hydrogen-bond acceptors (Lipinski definition) is 7. The Morgan fingerprint density at radius 3 is 2.45 bits per heavy atom. The molecule has 0 radical (unpaired) electrons. The number of fused-ring (bicyclic) bond motifs is 4. The standard InChI is InChI=1S/C21H29FO7/c1-16-10-20(27,28)21(22)12(11(16)3-7-18(16,26)14(25)9-23)4-8-19-15(29-19)13(24)5-6-17(19,21)2/h11-12,15,23,26-28H,3-10H2,1-2H3/t11-,12-,15?,16-,17-,18-,19-,21+/m0/s1. The third kappa shape index (κ3) is 1.84. The first-order chi connectivity index (χ1) is 13.3. The van der Waals surface area contributed by atoms with Crippen LogP contribution in [0, 0.1) is 22.7 Å². The summed E-state index contributed by atoms with van der Waals surface area (Å²) in [5, 5.41) is 42.9. The number of carbonyl (C=O) groups is 2. The van der Waals surface area contributed by atoms with Gasteiger partial charge in [-0.05, 0) is 38.0 Å². The van der Waals surface area contributed by atoms with Crippen molar-refractivity contribution in [1.82, 2.24) is 0 Å². The van der Waals surface area contributed by atoms with E-state index in [0.717, 1.165) is 0 Å². The van der Waals surface area contributed by atoms with Gasteiger partial charge in [-0.15, -0.1) is 0 Å². The molecule has 5 fully saturated rings. The molecule has 29 heavy (non-hydrogen) atoms. The second kappa shape index (κ2) is 5.27. The maximum absolute atomic E-state index is 17.2. The molecule has 4 N–H and O–H groups in total. The van der Waals surface area contributed by atoms with E-state index in [1.807, 2.05) is 0 Å². The first kappa shape index (κ1) is 20.0. The van der Waals surface area contributed by atoms with Gasteiger partial charge in [0.15, 0.2) is 23.0 Å². The van der Waals surface area contributed by atoms with Crippen LogP contribution in [0.5, 0.6) is 0 Å². The molecular formula is C21H29FO7. The molecule has 0 aromatic rings. The van der Waals surface area contributed by atoms with Gasteiger partial charge >= 0.3 is 0 Å². The van der Waals surface area contributed by atoms with Crippen molar-refractivity contribution in [1.29, 1.82) is 0 Å². The highest BCUT2D eigenvalue weighted by Gasteiger charge is 2.87. The van der Waals surface area contributed by atoms with Crippen molar-refractivity contribution in [3.05, 3.63) is 0 Å². The normalized spacial score (nSPS) is 57.3. The van der Waals surface area contributed by atoms with Crippen LogP contribution in [-0.2, 0) is 14.3 Å². The van der Waals surface area contributed by atoms with Crippen LogP contribution in [0.25, 0.3) is 0 Å². The second-order valence-electron chi connectivity index (χ2n) is 10.5. The molecule has 0 aromatic heterocycles. The molecule has 1 unspecified atom stereocenters. The van der Waals surface area contributed by atoms with Gasteiger partial charge in [0, 0.05) is 29.6 Å². The Morgan fingerprint density at radius 2 is 1.79 bits per heavy atom. The van der Waals surface area contributed by atoms with Gasteiger partial charge < -0.3 is 25.2 Å². The van der Waals surface area contributed by atoms with Crippen LogP contribution in [0.15, 0.2) is 0 Å². The van der Waals surface area contributed by atoms with Crippen molar-refractivity contribution in [3.8, 4) is 0 Å². The molecule has 4 aliphatic carbocycles. The minimum absolute atomic E-state index is 0.0513. The van der Waals surface area contributed by atoms with E-state index in [9.17, 15) is 30.0 Å². The largest absolute Gasteiger partial charge is 0.388 e. The zero-order valence-electron chi connectivity index (χ0n) is 16.8. The number of hydrogen-bond donors (Lipinski definition) is 4. The summed E-state index contributed by atoms with van der Waals surface area (Å²) in [6.45, 7) is 2.41. The molecule has 162 valence electrons. The van der Waals surface area contributed by atoms with Crippen molar-refractivity contribution in [2.24, 2.45) is 22.7 Å². The maximum Gasteiger partial charge on any atom is 0.199 e. The number of alkyl halides is 1. The molecule has 7 nitrogen and oxygen atoms in total. The molecule has 1 spiro atoms.